The number of nitrogens with zero attached hydrogens (tertiary/aromatic N) is 3. The summed E-state index contributed by atoms with van der Waals surface area (Å²) in [4.78, 5) is 30.1. The van der Waals surface area contributed by atoms with Crippen LogP contribution >= 0.6 is 0 Å². The number of nitrogens with one attached hydrogen (secondary N) is 2. The lowest BCUT2D eigenvalue weighted by molar-refractivity contribution is 0.0371. The lowest BCUT2D eigenvalue weighted by atomic mass is 9.99. The molecule has 3 amide bonds. The van der Waals surface area contributed by atoms with Crippen molar-refractivity contribution in [2.45, 2.75) is 44.7 Å². The van der Waals surface area contributed by atoms with Crippen LogP contribution < -0.4 is 14.8 Å². The van der Waals surface area contributed by atoms with Gasteiger partial charge in [-0.2, -0.15) is 0 Å². The third-order valence-corrected chi connectivity index (χ3v) is 9.61. The Labute approximate surface area is 262 Å². The molecule has 0 radical (unpaired) electrons. The normalized spacial score (nSPS) is 17.6. The van der Waals surface area contributed by atoms with Gasteiger partial charge in [0, 0.05) is 30.6 Å². The predicted octanol–water partition coefficient (Wildman–Crippen LogP) is 4.63. The fourth-order valence-corrected chi connectivity index (χ4v) is 6.85. The second-order valence-corrected chi connectivity index (χ2v) is 13.0. The highest BCUT2D eigenvalue weighted by Crippen LogP contribution is 2.32. The van der Waals surface area contributed by atoms with Crippen LogP contribution in [0.4, 0.5) is 16.2 Å². The molecule has 3 atom stereocenters. The fourth-order valence-electron chi connectivity index (χ4n) is 5.47. The Balaban J connectivity index is 1.42. The summed E-state index contributed by atoms with van der Waals surface area (Å²) in [5.41, 5.74) is 1.15. The molecule has 0 aliphatic carbocycles. The Kier molecular flexibility index (Phi) is 9.03. The van der Waals surface area contributed by atoms with Gasteiger partial charge in [-0.05, 0) is 50.4 Å². The highest BCUT2D eigenvalue weighted by Gasteiger charge is 2.34. The first-order valence-electron chi connectivity index (χ1n) is 14.6. The summed E-state index contributed by atoms with van der Waals surface area (Å²) in [7, 11) is -2.41. The number of fused-ring (bicyclic) bond motifs is 2. The number of urea groups is 1. The van der Waals surface area contributed by atoms with Gasteiger partial charge in [0.05, 0.1) is 30.4 Å². The number of ether oxygens (including phenoxy) is 1. The number of rotatable bonds is 8. The van der Waals surface area contributed by atoms with Crippen molar-refractivity contribution in [3.05, 3.63) is 77.7 Å². The van der Waals surface area contributed by atoms with Crippen molar-refractivity contribution in [3.8, 4) is 5.75 Å². The van der Waals surface area contributed by atoms with E-state index in [9.17, 15) is 23.1 Å². The van der Waals surface area contributed by atoms with Crippen LogP contribution in [-0.2, 0) is 10.0 Å². The van der Waals surface area contributed by atoms with Crippen molar-refractivity contribution >= 4 is 44.1 Å². The number of carbonyl (C=O) groups excluding carboxylic acids is 2. The van der Waals surface area contributed by atoms with Crippen molar-refractivity contribution < 1.29 is 32.4 Å². The Morgan fingerprint density at radius 1 is 1.16 bits per heavy atom. The molecule has 0 unspecified atom stereocenters. The number of hydrogen-bond acceptors (Lipinski definition) is 8. The number of benzene rings is 3. The number of aliphatic hydroxyl groups excluding tert-OH is 1. The predicted molar refractivity (Wildman–Crippen MR) is 170 cm³/mol. The van der Waals surface area contributed by atoms with Gasteiger partial charge in [-0.25, -0.2) is 13.2 Å². The van der Waals surface area contributed by atoms with Crippen molar-refractivity contribution in [1.29, 1.82) is 0 Å². The van der Waals surface area contributed by atoms with Crippen LogP contribution in [-0.4, -0.2) is 79.3 Å². The third kappa shape index (κ3) is 6.59. The molecule has 5 rings (SSSR count). The molecule has 1 aromatic heterocycles. The van der Waals surface area contributed by atoms with E-state index in [0.717, 1.165) is 10.8 Å². The van der Waals surface area contributed by atoms with Gasteiger partial charge in [0.1, 0.15) is 17.5 Å². The molecule has 1 aliphatic heterocycles. The largest absolute Gasteiger partial charge is 0.487 e. The maximum absolute atomic E-state index is 13.8. The number of aryl methyl sites for hydroxylation is 2. The average molecular weight is 636 g/mol. The fraction of sp³-hybridized carbons (Fsp3) is 0.344. The molecule has 1 aliphatic rings. The van der Waals surface area contributed by atoms with Crippen molar-refractivity contribution in [2.24, 2.45) is 5.92 Å². The first-order chi connectivity index (χ1) is 21.4. The van der Waals surface area contributed by atoms with Crippen LogP contribution in [0.1, 0.15) is 35.7 Å². The van der Waals surface area contributed by atoms with E-state index in [4.69, 9.17) is 9.26 Å². The van der Waals surface area contributed by atoms with E-state index in [1.165, 1.54) is 36.9 Å². The highest BCUT2D eigenvalue weighted by molar-refractivity contribution is 7.92. The molecule has 3 aromatic carbocycles. The molecule has 4 aromatic rings. The third-order valence-electron chi connectivity index (χ3n) is 7.99. The first-order valence-corrected chi connectivity index (χ1v) is 16.1. The molecule has 3 N–H and O–H groups in total. The number of carbonyl (C=O) groups is 2. The van der Waals surface area contributed by atoms with E-state index in [1.54, 1.807) is 18.9 Å². The van der Waals surface area contributed by atoms with E-state index < -0.39 is 28.1 Å². The topological polar surface area (TPSA) is 154 Å². The molecule has 0 saturated carbocycles. The molecule has 12 nitrogen and oxygen atoms in total. The number of hydrogen-bond donors (Lipinski definition) is 3. The summed E-state index contributed by atoms with van der Waals surface area (Å²) in [5, 5.41) is 18.6. The maximum Gasteiger partial charge on any atom is 0.321 e. The Morgan fingerprint density at radius 2 is 1.89 bits per heavy atom. The lowest BCUT2D eigenvalue weighted by Crippen LogP contribution is -2.50. The molecule has 13 heteroatoms. The SMILES string of the molecule is Cc1noc(C)c1S(=O)(=O)Nc1ccc2c(c1)C(=O)N([C@H](C)CO)C[C@H](C)[C@@H](CN(C)C(=O)Nc1cccc3ccccc13)O2. The van der Waals surface area contributed by atoms with Crippen molar-refractivity contribution in [2.75, 3.05) is 36.8 Å². The number of aliphatic hydroxyl groups is 1. The number of sulfonamides is 1. The van der Waals surface area contributed by atoms with Gasteiger partial charge >= 0.3 is 6.03 Å². The summed E-state index contributed by atoms with van der Waals surface area (Å²) >= 11 is 0. The van der Waals surface area contributed by atoms with Crippen molar-refractivity contribution in [3.63, 3.8) is 0 Å². The van der Waals surface area contributed by atoms with Gasteiger partial charge in [0.2, 0.25) is 0 Å². The number of amides is 3. The molecule has 0 spiro atoms. The minimum atomic E-state index is -4.07. The summed E-state index contributed by atoms with van der Waals surface area (Å²) in [6, 6.07) is 17.1. The number of likely N-dealkylation sites (N-methyl/N-ethyl adjacent to an activating group) is 1. The monoisotopic (exact) mass is 635 g/mol. The van der Waals surface area contributed by atoms with E-state index >= 15 is 0 Å². The zero-order chi connectivity index (χ0) is 32.5. The minimum Gasteiger partial charge on any atom is -0.487 e. The van der Waals surface area contributed by atoms with Crippen LogP contribution in [0.25, 0.3) is 10.8 Å². The molecule has 45 heavy (non-hydrogen) atoms. The minimum absolute atomic E-state index is 0.0777. The van der Waals surface area contributed by atoms with Gasteiger partial charge in [-0.1, -0.05) is 48.5 Å². The summed E-state index contributed by atoms with van der Waals surface area (Å²) in [6.45, 7) is 6.83. The van der Waals surface area contributed by atoms with Crippen LogP contribution in [0.15, 0.2) is 70.1 Å². The van der Waals surface area contributed by atoms with Crippen LogP contribution in [0.3, 0.4) is 0 Å². The van der Waals surface area contributed by atoms with E-state index in [-0.39, 0.29) is 65.0 Å². The summed E-state index contributed by atoms with van der Waals surface area (Å²) < 4.78 is 40.2. The second kappa shape index (κ2) is 12.8. The Hall–Kier alpha value is -4.62. The van der Waals surface area contributed by atoms with Gasteiger partial charge < -0.3 is 29.5 Å². The zero-order valence-electron chi connectivity index (χ0n) is 25.8. The van der Waals surface area contributed by atoms with Gasteiger partial charge in [-0.3, -0.25) is 9.52 Å². The standard InChI is InChI=1S/C32H37N5O7S/c1-19-16-37(20(2)18-38)31(39)26-15-24(35-45(41,42)30-21(3)34-44-22(30)4)13-14-28(26)43-29(19)17-36(5)32(40)33-27-12-8-10-23-9-6-7-11-25(23)27/h6-15,19-20,29,35,38H,16-18H2,1-5H3,(H,33,40)/t19-,20+,29+/m0/s1. The van der Waals surface area contributed by atoms with E-state index in [0.29, 0.717) is 5.69 Å². The molecular weight excluding hydrogens is 598 g/mol. The summed E-state index contributed by atoms with van der Waals surface area (Å²) in [6.07, 6.45) is -0.543. The molecular formula is C32H37N5O7S. The Morgan fingerprint density at radius 3 is 2.60 bits per heavy atom. The van der Waals surface area contributed by atoms with E-state index in [2.05, 4.69) is 15.2 Å². The average Bonchev–Trinajstić information content (AvgIpc) is 3.37. The van der Waals surface area contributed by atoms with Crippen molar-refractivity contribution in [1.82, 2.24) is 15.0 Å². The molecule has 2 heterocycles. The van der Waals surface area contributed by atoms with Crippen LogP contribution in [0.2, 0.25) is 0 Å². The molecule has 0 saturated heterocycles. The smallest absolute Gasteiger partial charge is 0.321 e. The van der Waals surface area contributed by atoms with Gasteiger partial charge in [0.25, 0.3) is 15.9 Å². The van der Waals surface area contributed by atoms with Gasteiger partial charge in [-0.15, -0.1) is 0 Å². The summed E-state index contributed by atoms with van der Waals surface area (Å²) in [5.74, 6) is -0.284. The van der Waals surface area contributed by atoms with E-state index in [1.807, 2.05) is 49.4 Å². The lowest BCUT2D eigenvalue weighted by Gasteiger charge is -2.38. The number of aromatic nitrogens is 1. The quantitative estimate of drug-likeness (QED) is 0.253. The Bertz CT molecular complexity index is 1820. The molecule has 0 bridgehead atoms. The molecule has 238 valence electrons. The second-order valence-electron chi connectivity index (χ2n) is 11.4. The zero-order valence-corrected chi connectivity index (χ0v) is 26.6. The maximum atomic E-state index is 13.8. The first kappa shape index (κ1) is 31.8. The van der Waals surface area contributed by atoms with Crippen LogP contribution in [0, 0.1) is 19.8 Å². The van der Waals surface area contributed by atoms with Crippen LogP contribution in [0.5, 0.6) is 5.75 Å². The van der Waals surface area contributed by atoms with Gasteiger partial charge in [0.15, 0.2) is 10.7 Å². The number of anilines is 2. The highest BCUT2D eigenvalue weighted by atomic mass is 32.2. The molecule has 0 fully saturated rings.